The minimum atomic E-state index is -2.70. The molecule has 2 heterocycles. The summed E-state index contributed by atoms with van der Waals surface area (Å²) in [7, 11) is 0. The zero-order valence-corrected chi connectivity index (χ0v) is 13.1. The van der Waals surface area contributed by atoms with Crippen molar-refractivity contribution in [3.05, 3.63) is 40.9 Å². The van der Waals surface area contributed by atoms with Gasteiger partial charge in [0.05, 0.1) is 23.0 Å². The molecule has 0 radical (unpaired) electrons. The van der Waals surface area contributed by atoms with Crippen LogP contribution in [0.1, 0.15) is 31.0 Å². The Morgan fingerprint density at radius 1 is 1.39 bits per heavy atom. The van der Waals surface area contributed by atoms with Crippen LogP contribution in [0.25, 0.3) is 0 Å². The monoisotopic (exact) mass is 340 g/mol. The largest absolute Gasteiger partial charge is 0.396 e. The van der Waals surface area contributed by atoms with E-state index in [1.807, 2.05) is 6.92 Å². The molecule has 0 fully saturated rings. The molecule has 0 saturated carbocycles. The first-order chi connectivity index (χ1) is 11.0. The van der Waals surface area contributed by atoms with Gasteiger partial charge in [-0.05, 0) is 19.4 Å². The van der Waals surface area contributed by atoms with Crippen molar-refractivity contribution in [3.63, 3.8) is 0 Å². The molecule has 0 aliphatic carbocycles. The van der Waals surface area contributed by atoms with Crippen molar-refractivity contribution in [1.82, 2.24) is 14.8 Å². The maximum absolute atomic E-state index is 12.5. The van der Waals surface area contributed by atoms with Crippen LogP contribution in [0, 0.1) is 11.8 Å². The van der Waals surface area contributed by atoms with Crippen LogP contribution in [-0.4, -0.2) is 32.5 Å². The van der Waals surface area contributed by atoms with E-state index < -0.39 is 6.55 Å². The van der Waals surface area contributed by atoms with E-state index >= 15 is 0 Å². The molecule has 0 unspecified atom stereocenters. The summed E-state index contributed by atoms with van der Waals surface area (Å²) in [5, 5.41) is 16.0. The number of aliphatic hydroxyl groups is 1. The third kappa shape index (κ3) is 4.91. The lowest BCUT2D eigenvalue weighted by atomic mass is 10.2. The molecule has 2 rings (SSSR count). The number of aromatic nitrogens is 3. The molecule has 122 valence electrons. The van der Waals surface area contributed by atoms with Gasteiger partial charge in [-0.1, -0.05) is 23.4 Å². The molecule has 1 atom stereocenters. The maximum Gasteiger partial charge on any atom is 0.333 e. The van der Waals surface area contributed by atoms with Crippen molar-refractivity contribution in [3.8, 4) is 11.8 Å². The summed E-state index contributed by atoms with van der Waals surface area (Å²) in [5.41, 5.74) is 1.61. The first-order valence-electron chi connectivity index (χ1n) is 6.87. The van der Waals surface area contributed by atoms with Crippen molar-refractivity contribution in [1.29, 1.82) is 0 Å². The number of aliphatic hydroxyl groups excluding tert-OH is 1. The Morgan fingerprint density at radius 3 is 2.83 bits per heavy atom. The lowest BCUT2D eigenvalue weighted by Crippen LogP contribution is -2.17. The van der Waals surface area contributed by atoms with Gasteiger partial charge >= 0.3 is 6.55 Å². The van der Waals surface area contributed by atoms with Crippen LogP contribution in [0.2, 0.25) is 5.15 Å². The van der Waals surface area contributed by atoms with Crippen molar-refractivity contribution >= 4 is 17.3 Å². The van der Waals surface area contributed by atoms with Crippen LogP contribution in [0.3, 0.4) is 0 Å². The highest BCUT2D eigenvalue weighted by Crippen LogP contribution is 2.19. The van der Waals surface area contributed by atoms with Gasteiger partial charge in [-0.3, -0.25) is 0 Å². The Balaban J connectivity index is 2.23. The second-order valence-corrected chi connectivity index (χ2v) is 5.23. The van der Waals surface area contributed by atoms with E-state index in [0.29, 0.717) is 33.1 Å². The Hall–Kier alpha value is -2.17. The third-order valence-electron chi connectivity index (χ3n) is 2.98. The van der Waals surface area contributed by atoms with Gasteiger partial charge in [0.2, 0.25) is 0 Å². The van der Waals surface area contributed by atoms with Gasteiger partial charge in [-0.25, -0.2) is 9.67 Å². The first kappa shape index (κ1) is 17.2. The average Bonchev–Trinajstić information content (AvgIpc) is 2.96. The number of halogens is 3. The van der Waals surface area contributed by atoms with Crippen LogP contribution in [0.5, 0.6) is 0 Å². The molecular weight excluding hydrogens is 326 g/mol. The zero-order chi connectivity index (χ0) is 16.8. The quantitative estimate of drug-likeness (QED) is 0.649. The fourth-order valence-corrected chi connectivity index (χ4v) is 1.99. The molecule has 2 N–H and O–H groups in total. The van der Waals surface area contributed by atoms with Gasteiger partial charge in [-0.15, -0.1) is 0 Å². The van der Waals surface area contributed by atoms with Gasteiger partial charge in [0.25, 0.3) is 0 Å². The first-order valence-corrected chi connectivity index (χ1v) is 7.24. The molecule has 0 spiro atoms. The van der Waals surface area contributed by atoms with E-state index in [1.165, 1.54) is 18.6 Å². The number of hydrogen-bond donors (Lipinski definition) is 2. The van der Waals surface area contributed by atoms with Crippen LogP contribution in [-0.2, 0) is 0 Å². The summed E-state index contributed by atoms with van der Waals surface area (Å²) in [6.45, 7) is -0.728. The molecule has 23 heavy (non-hydrogen) atoms. The van der Waals surface area contributed by atoms with Gasteiger partial charge in [0.15, 0.2) is 0 Å². The SMILES string of the molecule is C[C@@H](CCO)Nc1cc(Cl)ncc1C#Cc1cnn(C(F)F)c1. The number of nitrogens with zero attached hydrogens (tertiary/aromatic N) is 3. The van der Waals surface area contributed by atoms with Gasteiger partial charge in [0.1, 0.15) is 5.15 Å². The molecule has 0 amide bonds. The predicted octanol–water partition coefficient (Wildman–Crippen LogP) is 2.91. The predicted molar refractivity (Wildman–Crippen MR) is 83.5 cm³/mol. The topological polar surface area (TPSA) is 63.0 Å². The minimum absolute atomic E-state index is 0.0144. The van der Waals surface area contributed by atoms with Gasteiger partial charge < -0.3 is 10.4 Å². The third-order valence-corrected chi connectivity index (χ3v) is 3.18. The van der Waals surface area contributed by atoms with E-state index in [2.05, 4.69) is 27.2 Å². The molecule has 8 heteroatoms. The molecule has 0 bridgehead atoms. The Kier molecular flexibility index (Phi) is 5.90. The zero-order valence-electron chi connectivity index (χ0n) is 12.3. The summed E-state index contributed by atoms with van der Waals surface area (Å²) < 4.78 is 25.5. The lowest BCUT2D eigenvalue weighted by molar-refractivity contribution is 0.0566. The molecule has 0 aliphatic heterocycles. The summed E-state index contributed by atoms with van der Waals surface area (Å²) in [4.78, 5) is 3.97. The van der Waals surface area contributed by atoms with E-state index in [0.717, 1.165) is 0 Å². The highest BCUT2D eigenvalue weighted by atomic mass is 35.5. The fourth-order valence-electron chi connectivity index (χ4n) is 1.83. The molecule has 0 aliphatic rings. The Morgan fingerprint density at radius 2 is 2.17 bits per heavy atom. The smallest absolute Gasteiger partial charge is 0.333 e. The van der Waals surface area contributed by atoms with Crippen molar-refractivity contribution in [2.24, 2.45) is 0 Å². The van der Waals surface area contributed by atoms with E-state index in [1.54, 1.807) is 6.07 Å². The summed E-state index contributed by atoms with van der Waals surface area (Å²) >= 11 is 5.89. The van der Waals surface area contributed by atoms with Crippen molar-refractivity contribution in [2.45, 2.75) is 25.9 Å². The van der Waals surface area contributed by atoms with E-state index in [9.17, 15) is 8.78 Å². The highest BCUT2D eigenvalue weighted by molar-refractivity contribution is 6.29. The molecule has 0 aromatic carbocycles. The van der Waals surface area contributed by atoms with Crippen LogP contribution < -0.4 is 5.32 Å². The Bertz CT molecular complexity index is 724. The minimum Gasteiger partial charge on any atom is -0.396 e. The molecule has 5 nitrogen and oxygen atoms in total. The van der Waals surface area contributed by atoms with E-state index in [4.69, 9.17) is 16.7 Å². The number of hydrogen-bond acceptors (Lipinski definition) is 4. The molecule has 0 saturated heterocycles. The summed E-state index contributed by atoms with van der Waals surface area (Å²) in [6.07, 6.45) is 4.50. The van der Waals surface area contributed by atoms with E-state index in [-0.39, 0.29) is 12.6 Å². The molecule has 2 aromatic rings. The second-order valence-electron chi connectivity index (χ2n) is 4.85. The standard InChI is InChI=1S/C15H15ClF2N4O/c1-10(4-5-23)21-13-6-14(16)19-8-12(13)3-2-11-7-20-22(9-11)15(17)18/h6-10,15,23H,4-5H2,1H3,(H,19,21)/t10-/m0/s1. The highest BCUT2D eigenvalue weighted by Gasteiger charge is 2.08. The average molecular weight is 341 g/mol. The second kappa shape index (κ2) is 7.90. The van der Waals surface area contributed by atoms with Crippen molar-refractivity contribution in [2.75, 3.05) is 11.9 Å². The summed E-state index contributed by atoms with van der Waals surface area (Å²) in [6, 6.07) is 1.64. The van der Waals surface area contributed by atoms with Crippen LogP contribution >= 0.6 is 11.6 Å². The van der Waals surface area contributed by atoms with Gasteiger partial charge in [0, 0.05) is 25.0 Å². The number of alkyl halides is 2. The molecular formula is C15H15ClF2N4O. The summed E-state index contributed by atoms with van der Waals surface area (Å²) in [5.74, 6) is 5.62. The number of nitrogens with one attached hydrogen (secondary N) is 1. The normalized spacial score (nSPS) is 11.9. The number of rotatable bonds is 5. The van der Waals surface area contributed by atoms with Crippen LogP contribution in [0.15, 0.2) is 24.7 Å². The maximum atomic E-state index is 12.5. The van der Waals surface area contributed by atoms with Crippen LogP contribution in [0.4, 0.5) is 14.5 Å². The fraction of sp³-hybridized carbons (Fsp3) is 0.333. The number of anilines is 1. The van der Waals surface area contributed by atoms with Crippen molar-refractivity contribution < 1.29 is 13.9 Å². The molecule has 2 aromatic heterocycles. The Labute approximate surface area is 137 Å². The van der Waals surface area contributed by atoms with Gasteiger partial charge in [-0.2, -0.15) is 13.9 Å². The number of pyridine rings is 1. The lowest BCUT2D eigenvalue weighted by Gasteiger charge is -2.15.